The molecule has 0 bridgehead atoms. The highest BCUT2D eigenvalue weighted by molar-refractivity contribution is 4.90. The third-order valence-corrected chi connectivity index (χ3v) is 4.33. The summed E-state index contributed by atoms with van der Waals surface area (Å²) < 4.78 is 12.1. The molecule has 0 aromatic carbocycles. The van der Waals surface area contributed by atoms with Crippen molar-refractivity contribution >= 4 is 0 Å². The fraction of sp³-hybridized carbons (Fsp3) is 1.00. The molecule has 0 amide bonds. The molecule has 118 valence electrons. The number of hydrogen-bond acceptors (Lipinski definition) is 3. The van der Waals surface area contributed by atoms with Crippen LogP contribution in [0.2, 0.25) is 0 Å². The Morgan fingerprint density at radius 1 is 1.00 bits per heavy atom. The molecule has 2 rings (SSSR count). The molecule has 0 radical (unpaired) electrons. The highest BCUT2D eigenvalue weighted by atomic mass is 16.5. The van der Waals surface area contributed by atoms with Crippen molar-refractivity contribution in [1.82, 2.24) is 5.32 Å². The van der Waals surface area contributed by atoms with E-state index < -0.39 is 0 Å². The summed E-state index contributed by atoms with van der Waals surface area (Å²) in [5, 5.41) is 3.69. The highest BCUT2D eigenvalue weighted by Crippen LogP contribution is 2.31. The van der Waals surface area contributed by atoms with Crippen molar-refractivity contribution in [2.75, 3.05) is 19.8 Å². The first-order valence-corrected chi connectivity index (χ1v) is 8.50. The Hall–Kier alpha value is -0.120. The van der Waals surface area contributed by atoms with Gasteiger partial charge in [0.2, 0.25) is 0 Å². The zero-order valence-electron chi connectivity index (χ0n) is 13.7. The maximum Gasteiger partial charge on any atom is 0.0807 e. The van der Waals surface area contributed by atoms with E-state index in [4.69, 9.17) is 9.47 Å². The smallest absolute Gasteiger partial charge is 0.0807 e. The molecule has 0 aliphatic heterocycles. The SMILES string of the molecule is CC(C)(C)OCCOC1(CNC2CC2)CCCCCC1. The fourth-order valence-corrected chi connectivity index (χ4v) is 2.97. The van der Waals surface area contributed by atoms with Gasteiger partial charge in [-0.15, -0.1) is 0 Å². The maximum absolute atomic E-state index is 6.34. The van der Waals surface area contributed by atoms with Gasteiger partial charge in [-0.05, 0) is 46.5 Å². The van der Waals surface area contributed by atoms with Crippen LogP contribution in [-0.4, -0.2) is 37.0 Å². The molecule has 2 aliphatic rings. The molecule has 20 heavy (non-hydrogen) atoms. The Morgan fingerprint density at radius 3 is 2.20 bits per heavy atom. The molecule has 0 saturated heterocycles. The molecular formula is C17H33NO2. The molecule has 0 aromatic rings. The van der Waals surface area contributed by atoms with E-state index in [1.807, 2.05) is 0 Å². The van der Waals surface area contributed by atoms with Gasteiger partial charge < -0.3 is 14.8 Å². The lowest BCUT2D eigenvalue weighted by Gasteiger charge is -2.34. The van der Waals surface area contributed by atoms with Crippen LogP contribution in [0, 0.1) is 0 Å². The molecule has 0 atom stereocenters. The molecule has 3 heteroatoms. The van der Waals surface area contributed by atoms with Crippen LogP contribution in [0.25, 0.3) is 0 Å². The average Bonchev–Trinajstić information content (AvgIpc) is 3.19. The summed E-state index contributed by atoms with van der Waals surface area (Å²) in [6.07, 6.45) is 10.5. The molecule has 2 fully saturated rings. The van der Waals surface area contributed by atoms with Crippen LogP contribution >= 0.6 is 0 Å². The molecule has 0 aromatic heterocycles. The Bertz CT molecular complexity index is 273. The predicted molar refractivity (Wildman–Crippen MR) is 83.1 cm³/mol. The largest absolute Gasteiger partial charge is 0.373 e. The van der Waals surface area contributed by atoms with Gasteiger partial charge >= 0.3 is 0 Å². The number of hydrogen-bond donors (Lipinski definition) is 1. The second-order valence-corrected chi connectivity index (χ2v) is 7.56. The lowest BCUT2D eigenvalue weighted by atomic mass is 9.94. The summed E-state index contributed by atoms with van der Waals surface area (Å²) in [5.74, 6) is 0. The van der Waals surface area contributed by atoms with Crippen molar-refractivity contribution in [3.63, 3.8) is 0 Å². The number of rotatable bonds is 7. The fourth-order valence-electron chi connectivity index (χ4n) is 2.97. The second-order valence-electron chi connectivity index (χ2n) is 7.56. The highest BCUT2D eigenvalue weighted by Gasteiger charge is 2.34. The van der Waals surface area contributed by atoms with E-state index in [0.717, 1.165) is 19.2 Å². The van der Waals surface area contributed by atoms with E-state index in [2.05, 4.69) is 26.1 Å². The Balaban J connectivity index is 1.77. The average molecular weight is 283 g/mol. The zero-order chi connectivity index (χ0) is 14.5. The second kappa shape index (κ2) is 7.24. The van der Waals surface area contributed by atoms with Gasteiger partial charge in [-0.3, -0.25) is 0 Å². The Morgan fingerprint density at radius 2 is 1.65 bits per heavy atom. The summed E-state index contributed by atoms with van der Waals surface area (Å²) >= 11 is 0. The first kappa shape index (κ1) is 16.3. The van der Waals surface area contributed by atoms with Crippen LogP contribution in [0.15, 0.2) is 0 Å². The minimum Gasteiger partial charge on any atom is -0.373 e. The van der Waals surface area contributed by atoms with E-state index in [-0.39, 0.29) is 11.2 Å². The van der Waals surface area contributed by atoms with Crippen molar-refractivity contribution in [2.24, 2.45) is 0 Å². The minimum atomic E-state index is -0.0633. The molecule has 0 spiro atoms. The summed E-state index contributed by atoms with van der Waals surface area (Å²) in [5.41, 5.74) is 0.00652. The van der Waals surface area contributed by atoms with Crippen molar-refractivity contribution < 1.29 is 9.47 Å². The standard InChI is InChI=1S/C17H33NO2/c1-16(2,3)19-12-13-20-17(14-18-15-8-9-15)10-6-4-5-7-11-17/h15,18H,4-14H2,1-3H3. The van der Waals surface area contributed by atoms with E-state index in [9.17, 15) is 0 Å². The quantitative estimate of drug-likeness (QED) is 0.571. The van der Waals surface area contributed by atoms with E-state index >= 15 is 0 Å². The van der Waals surface area contributed by atoms with Gasteiger partial charge in [0.1, 0.15) is 0 Å². The minimum absolute atomic E-state index is 0.0633. The molecule has 0 heterocycles. The molecule has 3 nitrogen and oxygen atoms in total. The van der Waals surface area contributed by atoms with Gasteiger partial charge in [0.25, 0.3) is 0 Å². The van der Waals surface area contributed by atoms with E-state index in [1.54, 1.807) is 0 Å². The summed E-state index contributed by atoms with van der Waals surface area (Å²) in [4.78, 5) is 0. The first-order valence-electron chi connectivity index (χ1n) is 8.50. The number of ether oxygens (including phenoxy) is 2. The summed E-state index contributed by atoms with van der Waals surface area (Å²) in [7, 11) is 0. The topological polar surface area (TPSA) is 30.5 Å². The lowest BCUT2D eigenvalue weighted by molar-refractivity contribution is -0.0974. The van der Waals surface area contributed by atoms with Gasteiger partial charge in [-0.1, -0.05) is 25.7 Å². The maximum atomic E-state index is 6.34. The van der Waals surface area contributed by atoms with Crippen LogP contribution in [0.3, 0.4) is 0 Å². The first-order chi connectivity index (χ1) is 9.49. The molecule has 2 saturated carbocycles. The van der Waals surface area contributed by atoms with Crippen LogP contribution in [0.4, 0.5) is 0 Å². The molecular weight excluding hydrogens is 250 g/mol. The summed E-state index contributed by atoms with van der Waals surface area (Å²) in [6, 6.07) is 0.768. The monoisotopic (exact) mass is 283 g/mol. The van der Waals surface area contributed by atoms with Crippen LogP contribution < -0.4 is 5.32 Å². The van der Waals surface area contributed by atoms with Crippen LogP contribution in [-0.2, 0) is 9.47 Å². The third-order valence-electron chi connectivity index (χ3n) is 4.33. The van der Waals surface area contributed by atoms with Crippen molar-refractivity contribution in [2.45, 2.75) is 89.4 Å². The van der Waals surface area contributed by atoms with Gasteiger partial charge in [0.15, 0.2) is 0 Å². The van der Waals surface area contributed by atoms with Crippen LogP contribution in [0.1, 0.15) is 72.1 Å². The van der Waals surface area contributed by atoms with Crippen molar-refractivity contribution in [3.05, 3.63) is 0 Å². The van der Waals surface area contributed by atoms with E-state index in [1.165, 1.54) is 51.4 Å². The predicted octanol–water partition coefficient (Wildman–Crippen LogP) is 3.66. The van der Waals surface area contributed by atoms with Gasteiger partial charge in [0.05, 0.1) is 24.4 Å². The zero-order valence-corrected chi connectivity index (χ0v) is 13.7. The van der Waals surface area contributed by atoms with Crippen molar-refractivity contribution in [3.8, 4) is 0 Å². The lowest BCUT2D eigenvalue weighted by Crippen LogP contribution is -2.44. The number of nitrogens with one attached hydrogen (secondary N) is 1. The Kier molecular flexibility index (Phi) is 5.88. The van der Waals surface area contributed by atoms with E-state index in [0.29, 0.717) is 6.61 Å². The van der Waals surface area contributed by atoms with Gasteiger partial charge in [-0.25, -0.2) is 0 Å². The summed E-state index contributed by atoms with van der Waals surface area (Å²) in [6.45, 7) is 8.76. The van der Waals surface area contributed by atoms with Gasteiger partial charge in [0, 0.05) is 12.6 Å². The third kappa shape index (κ3) is 6.11. The van der Waals surface area contributed by atoms with Gasteiger partial charge in [-0.2, -0.15) is 0 Å². The molecule has 0 unspecified atom stereocenters. The molecule has 1 N–H and O–H groups in total. The Labute approximate surface area is 124 Å². The van der Waals surface area contributed by atoms with Crippen molar-refractivity contribution in [1.29, 1.82) is 0 Å². The normalized spacial score (nSPS) is 23.6. The van der Waals surface area contributed by atoms with Crippen LogP contribution in [0.5, 0.6) is 0 Å². The molecule has 2 aliphatic carbocycles.